The fourth-order valence-electron chi connectivity index (χ4n) is 1.54. The predicted molar refractivity (Wildman–Crippen MR) is 73.0 cm³/mol. The lowest BCUT2D eigenvalue weighted by Gasteiger charge is -2.17. The SMILES string of the molecule is CC(C)C(NC(=O)COc1ccc([N+](=O)[O-])cc1)C(=O)O. The fourth-order valence-corrected chi connectivity index (χ4v) is 1.54. The molecule has 0 aromatic heterocycles. The second-order valence-electron chi connectivity index (χ2n) is 4.67. The Kier molecular flexibility index (Phi) is 5.65. The number of carboxylic acids is 1. The average Bonchev–Trinajstić information content (AvgIpc) is 2.42. The van der Waals surface area contributed by atoms with Crippen molar-refractivity contribution in [1.82, 2.24) is 5.32 Å². The highest BCUT2D eigenvalue weighted by molar-refractivity contribution is 5.84. The van der Waals surface area contributed by atoms with Gasteiger partial charge < -0.3 is 15.2 Å². The monoisotopic (exact) mass is 296 g/mol. The van der Waals surface area contributed by atoms with Gasteiger partial charge in [0.15, 0.2) is 6.61 Å². The van der Waals surface area contributed by atoms with Gasteiger partial charge in [-0.05, 0) is 18.1 Å². The van der Waals surface area contributed by atoms with E-state index in [0.29, 0.717) is 0 Å². The van der Waals surface area contributed by atoms with Gasteiger partial charge in [-0.3, -0.25) is 14.9 Å². The number of nitro groups is 1. The van der Waals surface area contributed by atoms with Gasteiger partial charge in [-0.1, -0.05) is 13.8 Å². The van der Waals surface area contributed by atoms with E-state index in [4.69, 9.17) is 9.84 Å². The van der Waals surface area contributed by atoms with Crippen LogP contribution in [0.3, 0.4) is 0 Å². The zero-order chi connectivity index (χ0) is 16.0. The number of carbonyl (C=O) groups excluding carboxylic acids is 1. The smallest absolute Gasteiger partial charge is 0.326 e. The van der Waals surface area contributed by atoms with Crippen LogP contribution in [0.25, 0.3) is 0 Å². The first kappa shape index (κ1) is 16.4. The number of nitrogens with zero attached hydrogens (tertiary/aromatic N) is 1. The first-order chi connectivity index (χ1) is 9.81. The first-order valence-electron chi connectivity index (χ1n) is 6.20. The van der Waals surface area contributed by atoms with Crippen molar-refractivity contribution in [3.05, 3.63) is 34.4 Å². The van der Waals surface area contributed by atoms with Gasteiger partial charge in [0.1, 0.15) is 11.8 Å². The Balaban J connectivity index is 2.52. The maximum Gasteiger partial charge on any atom is 0.326 e. The molecular formula is C13H16N2O6. The number of non-ortho nitro benzene ring substituents is 1. The van der Waals surface area contributed by atoms with Gasteiger partial charge in [0.05, 0.1) is 4.92 Å². The number of hydrogen-bond donors (Lipinski definition) is 2. The number of rotatable bonds is 7. The molecule has 0 aliphatic carbocycles. The summed E-state index contributed by atoms with van der Waals surface area (Å²) in [5, 5.41) is 21.8. The predicted octanol–water partition coefficient (Wildman–Crippen LogP) is 1.20. The molecule has 1 atom stereocenters. The van der Waals surface area contributed by atoms with Gasteiger partial charge in [0.2, 0.25) is 0 Å². The Morgan fingerprint density at radius 1 is 1.33 bits per heavy atom. The highest BCUT2D eigenvalue weighted by Crippen LogP contribution is 2.17. The van der Waals surface area contributed by atoms with E-state index in [-0.39, 0.29) is 24.0 Å². The van der Waals surface area contributed by atoms with Gasteiger partial charge >= 0.3 is 5.97 Å². The van der Waals surface area contributed by atoms with Crippen LogP contribution >= 0.6 is 0 Å². The van der Waals surface area contributed by atoms with Crippen LogP contribution in [-0.4, -0.2) is 34.6 Å². The third kappa shape index (κ3) is 5.09. The van der Waals surface area contributed by atoms with Crippen LogP contribution in [0, 0.1) is 16.0 Å². The van der Waals surface area contributed by atoms with E-state index in [1.807, 2.05) is 0 Å². The molecule has 8 heteroatoms. The third-order valence-corrected chi connectivity index (χ3v) is 2.67. The first-order valence-corrected chi connectivity index (χ1v) is 6.20. The molecule has 1 aromatic carbocycles. The molecule has 0 aliphatic heterocycles. The van der Waals surface area contributed by atoms with Gasteiger partial charge in [0, 0.05) is 12.1 Å². The zero-order valence-corrected chi connectivity index (χ0v) is 11.6. The topological polar surface area (TPSA) is 119 Å². The summed E-state index contributed by atoms with van der Waals surface area (Å²) in [6.45, 7) is 2.99. The fraction of sp³-hybridized carbons (Fsp3) is 0.385. The maximum atomic E-state index is 11.6. The number of hydrogen-bond acceptors (Lipinski definition) is 5. The molecular weight excluding hydrogens is 280 g/mol. The third-order valence-electron chi connectivity index (χ3n) is 2.67. The van der Waals surface area contributed by atoms with Crippen LogP contribution in [0.1, 0.15) is 13.8 Å². The number of carboxylic acid groups (broad SMARTS) is 1. The van der Waals surface area contributed by atoms with E-state index in [0.717, 1.165) is 0 Å². The van der Waals surface area contributed by atoms with Crippen LogP contribution in [0.4, 0.5) is 5.69 Å². The molecule has 1 rings (SSSR count). The van der Waals surface area contributed by atoms with Crippen LogP contribution in [0.2, 0.25) is 0 Å². The lowest BCUT2D eigenvalue weighted by atomic mass is 10.1. The standard InChI is InChI=1S/C13H16N2O6/c1-8(2)12(13(17)18)14-11(16)7-21-10-5-3-9(4-6-10)15(19)20/h3-6,8,12H,7H2,1-2H3,(H,14,16)(H,17,18). The quantitative estimate of drug-likeness (QED) is 0.576. The lowest BCUT2D eigenvalue weighted by molar-refractivity contribution is -0.384. The van der Waals surface area contributed by atoms with Gasteiger partial charge in [0.25, 0.3) is 11.6 Å². The molecule has 114 valence electrons. The highest BCUT2D eigenvalue weighted by atomic mass is 16.6. The number of carbonyl (C=O) groups is 2. The van der Waals surface area contributed by atoms with E-state index in [1.54, 1.807) is 13.8 Å². The Labute approximate surface area is 120 Å². The van der Waals surface area contributed by atoms with Crippen molar-refractivity contribution < 1.29 is 24.4 Å². The number of ether oxygens (including phenoxy) is 1. The lowest BCUT2D eigenvalue weighted by Crippen LogP contribution is -2.46. The number of benzene rings is 1. The summed E-state index contributed by atoms with van der Waals surface area (Å²) in [7, 11) is 0. The van der Waals surface area contributed by atoms with Gasteiger partial charge in [-0.2, -0.15) is 0 Å². The van der Waals surface area contributed by atoms with E-state index < -0.39 is 22.8 Å². The maximum absolute atomic E-state index is 11.6. The Bertz CT molecular complexity index is 526. The molecule has 0 heterocycles. The number of aliphatic carboxylic acids is 1. The van der Waals surface area contributed by atoms with Crippen molar-refractivity contribution >= 4 is 17.6 Å². The molecule has 1 aromatic rings. The van der Waals surface area contributed by atoms with E-state index in [1.165, 1.54) is 24.3 Å². The summed E-state index contributed by atoms with van der Waals surface area (Å²) in [5.41, 5.74) is -0.0856. The van der Waals surface area contributed by atoms with Crippen molar-refractivity contribution in [3.63, 3.8) is 0 Å². The molecule has 1 amide bonds. The summed E-state index contributed by atoms with van der Waals surface area (Å²) < 4.78 is 5.14. The molecule has 0 aliphatic rings. The average molecular weight is 296 g/mol. The van der Waals surface area contributed by atoms with Gasteiger partial charge in [-0.25, -0.2) is 4.79 Å². The van der Waals surface area contributed by atoms with Crippen molar-refractivity contribution in [3.8, 4) is 5.75 Å². The van der Waals surface area contributed by atoms with Crippen molar-refractivity contribution in [2.75, 3.05) is 6.61 Å². The largest absolute Gasteiger partial charge is 0.484 e. The van der Waals surface area contributed by atoms with Crippen molar-refractivity contribution in [2.24, 2.45) is 5.92 Å². The van der Waals surface area contributed by atoms with E-state index >= 15 is 0 Å². The van der Waals surface area contributed by atoms with Crippen LogP contribution in [0.15, 0.2) is 24.3 Å². The molecule has 2 N–H and O–H groups in total. The zero-order valence-electron chi connectivity index (χ0n) is 11.6. The van der Waals surface area contributed by atoms with Crippen molar-refractivity contribution in [1.29, 1.82) is 0 Å². The summed E-state index contributed by atoms with van der Waals surface area (Å²) in [6.07, 6.45) is 0. The highest BCUT2D eigenvalue weighted by Gasteiger charge is 2.23. The second kappa shape index (κ2) is 7.22. The molecule has 1 unspecified atom stereocenters. The number of amides is 1. The molecule has 0 spiro atoms. The number of nitro benzene ring substituents is 1. The van der Waals surface area contributed by atoms with E-state index in [9.17, 15) is 19.7 Å². The normalized spacial score (nSPS) is 11.8. The summed E-state index contributed by atoms with van der Waals surface area (Å²) in [6, 6.07) is 4.24. The summed E-state index contributed by atoms with van der Waals surface area (Å²) in [4.78, 5) is 32.5. The van der Waals surface area contributed by atoms with Gasteiger partial charge in [-0.15, -0.1) is 0 Å². The molecule has 0 bridgehead atoms. The van der Waals surface area contributed by atoms with Crippen LogP contribution in [0.5, 0.6) is 5.75 Å². The minimum atomic E-state index is -1.12. The molecule has 0 saturated heterocycles. The summed E-state index contributed by atoms with van der Waals surface area (Å²) >= 11 is 0. The molecule has 21 heavy (non-hydrogen) atoms. The summed E-state index contributed by atoms with van der Waals surface area (Å²) in [5.74, 6) is -1.67. The van der Waals surface area contributed by atoms with Crippen molar-refractivity contribution in [2.45, 2.75) is 19.9 Å². The second-order valence-corrected chi connectivity index (χ2v) is 4.67. The van der Waals surface area contributed by atoms with Crippen LogP contribution < -0.4 is 10.1 Å². The molecule has 0 saturated carbocycles. The van der Waals surface area contributed by atoms with Crippen LogP contribution in [-0.2, 0) is 9.59 Å². The molecule has 8 nitrogen and oxygen atoms in total. The Morgan fingerprint density at radius 2 is 1.90 bits per heavy atom. The Morgan fingerprint density at radius 3 is 2.33 bits per heavy atom. The number of nitrogens with one attached hydrogen (secondary N) is 1. The Hall–Kier alpha value is -2.64. The minimum Gasteiger partial charge on any atom is -0.484 e. The molecule has 0 fully saturated rings. The van der Waals surface area contributed by atoms with E-state index in [2.05, 4.69) is 5.32 Å². The molecule has 0 radical (unpaired) electrons. The minimum absolute atomic E-state index is 0.0856.